The number of allylic oxidation sites excluding steroid dienone is 2. The van der Waals surface area contributed by atoms with Crippen molar-refractivity contribution >= 4 is 5.71 Å². The lowest BCUT2D eigenvalue weighted by atomic mass is 9.89. The van der Waals surface area contributed by atoms with Gasteiger partial charge in [-0.1, -0.05) is 33.3 Å². The van der Waals surface area contributed by atoms with Crippen molar-refractivity contribution in [2.75, 3.05) is 6.54 Å². The van der Waals surface area contributed by atoms with Gasteiger partial charge in [0.15, 0.2) is 0 Å². The van der Waals surface area contributed by atoms with Gasteiger partial charge in [-0.25, -0.2) is 0 Å². The Balaban J connectivity index is 5.14. The van der Waals surface area contributed by atoms with Crippen LogP contribution in [0, 0.1) is 11.8 Å². The Morgan fingerprint density at radius 2 is 1.50 bits per heavy atom. The third-order valence-corrected chi connectivity index (χ3v) is 2.65. The van der Waals surface area contributed by atoms with Crippen LogP contribution in [0.2, 0.25) is 0 Å². The average molecular weight is 195 g/mol. The van der Waals surface area contributed by atoms with Crippen LogP contribution in [0.1, 0.15) is 48.5 Å². The van der Waals surface area contributed by atoms with Crippen molar-refractivity contribution in [1.29, 1.82) is 0 Å². The predicted molar refractivity (Wildman–Crippen MR) is 66.0 cm³/mol. The third kappa shape index (κ3) is 3.65. The van der Waals surface area contributed by atoms with E-state index in [1.807, 2.05) is 0 Å². The molecule has 1 heteroatoms. The highest BCUT2D eigenvalue weighted by Gasteiger charge is 2.12. The molecular weight excluding hydrogens is 170 g/mol. The zero-order valence-corrected chi connectivity index (χ0v) is 10.8. The van der Waals surface area contributed by atoms with Gasteiger partial charge in [0.05, 0.1) is 0 Å². The lowest BCUT2D eigenvalue weighted by Crippen LogP contribution is -2.10. The molecule has 0 unspecified atom stereocenters. The number of rotatable bonds is 4. The second-order valence-electron chi connectivity index (χ2n) is 4.47. The molecule has 0 atom stereocenters. The van der Waals surface area contributed by atoms with E-state index in [1.165, 1.54) is 16.9 Å². The Labute approximate surface area is 89.3 Å². The Bertz CT molecular complexity index is 232. The quantitative estimate of drug-likeness (QED) is 0.599. The molecule has 0 aromatic rings. The van der Waals surface area contributed by atoms with E-state index >= 15 is 0 Å². The van der Waals surface area contributed by atoms with Crippen LogP contribution < -0.4 is 0 Å². The fourth-order valence-electron chi connectivity index (χ4n) is 1.79. The number of hydrogen-bond donors (Lipinski definition) is 0. The Hall–Kier alpha value is -0.590. The zero-order valence-electron chi connectivity index (χ0n) is 10.8. The van der Waals surface area contributed by atoms with Gasteiger partial charge in [0.1, 0.15) is 0 Å². The maximum Gasteiger partial charge on any atom is 0.0364 e. The first-order chi connectivity index (χ1) is 6.41. The van der Waals surface area contributed by atoms with Crippen LogP contribution in [0.15, 0.2) is 16.1 Å². The molecule has 82 valence electrons. The average Bonchev–Trinajstić information content (AvgIpc) is 2.03. The fourth-order valence-corrected chi connectivity index (χ4v) is 1.79. The molecule has 0 amide bonds. The molecule has 0 heterocycles. The molecule has 0 aliphatic carbocycles. The Morgan fingerprint density at radius 3 is 1.79 bits per heavy atom. The van der Waals surface area contributed by atoms with Gasteiger partial charge in [0.2, 0.25) is 0 Å². The number of hydrogen-bond acceptors (Lipinski definition) is 1. The molecule has 0 bridgehead atoms. The Morgan fingerprint density at radius 1 is 1.00 bits per heavy atom. The highest BCUT2D eigenvalue weighted by atomic mass is 14.7. The summed E-state index contributed by atoms with van der Waals surface area (Å²) in [6.07, 6.45) is 0. The van der Waals surface area contributed by atoms with Crippen LogP contribution in [0.3, 0.4) is 0 Å². The molecular formula is C13H25N. The van der Waals surface area contributed by atoms with E-state index in [0.717, 1.165) is 6.54 Å². The van der Waals surface area contributed by atoms with Gasteiger partial charge < -0.3 is 0 Å². The largest absolute Gasteiger partial charge is 0.290 e. The van der Waals surface area contributed by atoms with E-state index in [4.69, 9.17) is 0 Å². The summed E-state index contributed by atoms with van der Waals surface area (Å²) in [5, 5.41) is 0. The van der Waals surface area contributed by atoms with E-state index in [-0.39, 0.29) is 0 Å². The van der Waals surface area contributed by atoms with Gasteiger partial charge >= 0.3 is 0 Å². The maximum absolute atomic E-state index is 4.51. The van der Waals surface area contributed by atoms with Gasteiger partial charge in [0.25, 0.3) is 0 Å². The lowest BCUT2D eigenvalue weighted by molar-refractivity contribution is 0.712. The molecule has 0 saturated heterocycles. The lowest BCUT2D eigenvalue weighted by Gasteiger charge is -2.18. The highest BCUT2D eigenvalue weighted by molar-refractivity contribution is 5.99. The number of aliphatic imine (C=N–C) groups is 1. The molecule has 1 nitrogen and oxygen atoms in total. The minimum atomic E-state index is 0.577. The first-order valence-corrected chi connectivity index (χ1v) is 5.63. The van der Waals surface area contributed by atoms with Gasteiger partial charge in [-0.3, -0.25) is 4.99 Å². The van der Waals surface area contributed by atoms with Gasteiger partial charge in [-0.05, 0) is 38.2 Å². The van der Waals surface area contributed by atoms with Crippen LogP contribution in [-0.2, 0) is 0 Å². The van der Waals surface area contributed by atoms with Crippen molar-refractivity contribution in [1.82, 2.24) is 0 Å². The molecule has 0 spiro atoms. The van der Waals surface area contributed by atoms with Crippen molar-refractivity contribution in [2.24, 2.45) is 16.8 Å². The summed E-state index contributed by atoms with van der Waals surface area (Å²) in [6.45, 7) is 16.3. The maximum atomic E-state index is 4.51. The van der Waals surface area contributed by atoms with E-state index in [2.05, 4.69) is 53.5 Å². The summed E-state index contributed by atoms with van der Waals surface area (Å²) in [7, 11) is 0. The zero-order chi connectivity index (χ0) is 11.3. The van der Waals surface area contributed by atoms with Crippen molar-refractivity contribution in [2.45, 2.75) is 48.5 Å². The van der Waals surface area contributed by atoms with Crippen LogP contribution in [-0.4, -0.2) is 12.3 Å². The predicted octanol–water partition coefficient (Wildman–Crippen LogP) is 4.10. The summed E-state index contributed by atoms with van der Waals surface area (Å²) in [5.74, 6) is 1.20. The molecule has 0 aromatic carbocycles. The smallest absolute Gasteiger partial charge is 0.0364 e. The second-order valence-corrected chi connectivity index (χ2v) is 4.47. The summed E-state index contributed by atoms with van der Waals surface area (Å²) in [5.41, 5.74) is 4.14. The summed E-state index contributed by atoms with van der Waals surface area (Å²) in [4.78, 5) is 4.51. The van der Waals surface area contributed by atoms with Crippen molar-refractivity contribution in [3.05, 3.63) is 11.1 Å². The minimum Gasteiger partial charge on any atom is -0.290 e. The standard InChI is InChI=1S/C13H25N/c1-8-14-12(7)13(10(4)5)11(6)9(2)3/h9-10H,8H2,1-7H3/b13-11+,14-12-. The second kappa shape index (κ2) is 6.00. The molecule has 0 fully saturated rings. The summed E-state index contributed by atoms with van der Waals surface area (Å²) >= 11 is 0. The molecule has 0 aliphatic heterocycles. The SMILES string of the molecule is CC/N=C(C)\C(=C(/C)C(C)C)C(C)C. The van der Waals surface area contributed by atoms with Gasteiger partial charge in [-0.2, -0.15) is 0 Å². The van der Waals surface area contributed by atoms with E-state index in [1.54, 1.807) is 0 Å². The molecule has 0 N–H and O–H groups in total. The Kier molecular flexibility index (Phi) is 5.75. The molecule has 0 aliphatic rings. The van der Waals surface area contributed by atoms with E-state index in [0.29, 0.717) is 11.8 Å². The van der Waals surface area contributed by atoms with Crippen molar-refractivity contribution < 1.29 is 0 Å². The van der Waals surface area contributed by atoms with Crippen molar-refractivity contribution in [3.8, 4) is 0 Å². The fraction of sp³-hybridized carbons (Fsp3) is 0.769. The van der Waals surface area contributed by atoms with Crippen LogP contribution in [0.25, 0.3) is 0 Å². The molecule has 0 saturated carbocycles. The monoisotopic (exact) mass is 195 g/mol. The highest BCUT2D eigenvalue weighted by Crippen LogP contribution is 2.22. The topological polar surface area (TPSA) is 12.4 Å². The van der Waals surface area contributed by atoms with Gasteiger partial charge in [0, 0.05) is 12.3 Å². The van der Waals surface area contributed by atoms with E-state index in [9.17, 15) is 0 Å². The van der Waals surface area contributed by atoms with Crippen molar-refractivity contribution in [3.63, 3.8) is 0 Å². The molecule has 0 rings (SSSR count). The molecule has 14 heavy (non-hydrogen) atoms. The van der Waals surface area contributed by atoms with Gasteiger partial charge in [-0.15, -0.1) is 0 Å². The van der Waals surface area contributed by atoms with E-state index < -0.39 is 0 Å². The molecule has 0 radical (unpaired) electrons. The van der Waals surface area contributed by atoms with Crippen LogP contribution in [0.4, 0.5) is 0 Å². The van der Waals surface area contributed by atoms with Crippen LogP contribution in [0.5, 0.6) is 0 Å². The first kappa shape index (κ1) is 13.4. The van der Waals surface area contributed by atoms with Crippen LogP contribution >= 0.6 is 0 Å². The first-order valence-electron chi connectivity index (χ1n) is 5.63. The number of nitrogens with zero attached hydrogens (tertiary/aromatic N) is 1. The summed E-state index contributed by atoms with van der Waals surface area (Å²) in [6, 6.07) is 0. The normalized spacial score (nSPS) is 15.1. The third-order valence-electron chi connectivity index (χ3n) is 2.65. The summed E-state index contributed by atoms with van der Waals surface area (Å²) < 4.78 is 0. The molecule has 0 aromatic heterocycles. The minimum absolute atomic E-state index is 0.577.